The van der Waals surface area contributed by atoms with E-state index in [1.54, 1.807) is 9.13 Å². The molecule has 1 rings (SSSR count). The topological polar surface area (TPSA) is 39.0 Å². The van der Waals surface area contributed by atoms with Crippen molar-refractivity contribution in [1.29, 1.82) is 0 Å². The fraction of sp³-hybridized carbons (Fsp3) is 0.643. The highest BCUT2D eigenvalue weighted by atomic mass is 16.1. The number of imidazole rings is 1. The lowest BCUT2D eigenvalue weighted by atomic mass is 10.1. The molecule has 1 aromatic rings. The minimum atomic E-state index is 0.0295. The van der Waals surface area contributed by atoms with E-state index in [0.29, 0.717) is 6.54 Å². The van der Waals surface area contributed by atoms with Gasteiger partial charge in [-0.05, 0) is 40.2 Å². The summed E-state index contributed by atoms with van der Waals surface area (Å²) in [7, 11) is 0. The van der Waals surface area contributed by atoms with Crippen molar-refractivity contribution in [3.63, 3.8) is 0 Å². The van der Waals surface area contributed by atoms with Gasteiger partial charge < -0.3 is 5.32 Å². The third-order valence-corrected chi connectivity index (χ3v) is 2.69. The van der Waals surface area contributed by atoms with Crippen LogP contribution in [0.5, 0.6) is 0 Å². The molecule has 1 N–H and O–H groups in total. The zero-order valence-corrected chi connectivity index (χ0v) is 12.2. The lowest BCUT2D eigenvalue weighted by Gasteiger charge is -2.21. The van der Waals surface area contributed by atoms with Crippen LogP contribution >= 0.6 is 0 Å². The van der Waals surface area contributed by atoms with Crippen molar-refractivity contribution >= 4 is 0 Å². The van der Waals surface area contributed by atoms with E-state index in [1.807, 2.05) is 26.2 Å². The van der Waals surface area contributed by atoms with Crippen molar-refractivity contribution in [3.05, 3.63) is 35.0 Å². The molecule has 0 saturated heterocycles. The standard InChI is InChI=1S/C14H25N3O/c1-11(2)17-8-7-16(13(17)18)10-12(3)9-15-14(4,5)6/h7-8,11,15H,3,9-10H2,1-2,4-6H3. The van der Waals surface area contributed by atoms with Gasteiger partial charge in [0.15, 0.2) is 0 Å². The second-order valence-corrected chi connectivity index (χ2v) is 6.06. The van der Waals surface area contributed by atoms with Crippen LogP contribution < -0.4 is 11.0 Å². The molecule has 1 aromatic heterocycles. The first kappa shape index (κ1) is 14.8. The van der Waals surface area contributed by atoms with E-state index >= 15 is 0 Å². The minimum Gasteiger partial charge on any atom is -0.308 e. The van der Waals surface area contributed by atoms with E-state index in [9.17, 15) is 4.79 Å². The molecular formula is C14H25N3O. The van der Waals surface area contributed by atoms with Gasteiger partial charge in [-0.3, -0.25) is 9.13 Å². The number of rotatable bonds is 5. The fourth-order valence-electron chi connectivity index (χ4n) is 1.63. The lowest BCUT2D eigenvalue weighted by molar-refractivity contribution is 0.439. The highest BCUT2D eigenvalue weighted by Crippen LogP contribution is 2.03. The van der Waals surface area contributed by atoms with Crippen molar-refractivity contribution in [2.45, 2.75) is 52.7 Å². The summed E-state index contributed by atoms with van der Waals surface area (Å²) in [4.78, 5) is 12.0. The fourth-order valence-corrected chi connectivity index (χ4v) is 1.63. The lowest BCUT2D eigenvalue weighted by Crippen LogP contribution is -2.37. The van der Waals surface area contributed by atoms with E-state index in [4.69, 9.17) is 0 Å². The van der Waals surface area contributed by atoms with E-state index in [0.717, 1.165) is 12.1 Å². The van der Waals surface area contributed by atoms with E-state index in [2.05, 4.69) is 32.7 Å². The van der Waals surface area contributed by atoms with Crippen LogP contribution in [0.25, 0.3) is 0 Å². The van der Waals surface area contributed by atoms with Crippen molar-refractivity contribution in [2.75, 3.05) is 6.54 Å². The smallest absolute Gasteiger partial charge is 0.308 e. The van der Waals surface area contributed by atoms with Gasteiger partial charge in [0.25, 0.3) is 0 Å². The number of nitrogens with zero attached hydrogens (tertiary/aromatic N) is 2. The Kier molecular flexibility index (Phi) is 4.57. The molecule has 0 amide bonds. The second kappa shape index (κ2) is 5.57. The minimum absolute atomic E-state index is 0.0295. The molecule has 0 unspecified atom stereocenters. The van der Waals surface area contributed by atoms with Gasteiger partial charge in [0, 0.05) is 37.1 Å². The Balaban J connectivity index is 2.63. The van der Waals surface area contributed by atoms with E-state index in [-0.39, 0.29) is 17.3 Å². The third kappa shape index (κ3) is 4.18. The Morgan fingerprint density at radius 3 is 2.44 bits per heavy atom. The second-order valence-electron chi connectivity index (χ2n) is 6.06. The number of hydrogen-bond donors (Lipinski definition) is 1. The molecule has 4 heteroatoms. The van der Waals surface area contributed by atoms with Gasteiger partial charge >= 0.3 is 5.69 Å². The molecule has 18 heavy (non-hydrogen) atoms. The summed E-state index contributed by atoms with van der Waals surface area (Å²) in [6.07, 6.45) is 3.65. The van der Waals surface area contributed by atoms with Crippen molar-refractivity contribution in [1.82, 2.24) is 14.5 Å². The van der Waals surface area contributed by atoms with E-state index in [1.165, 1.54) is 0 Å². The molecule has 1 heterocycles. The maximum atomic E-state index is 12.0. The summed E-state index contributed by atoms with van der Waals surface area (Å²) in [6, 6.07) is 0.194. The maximum absolute atomic E-state index is 12.0. The van der Waals surface area contributed by atoms with Gasteiger partial charge in [-0.15, -0.1) is 0 Å². The molecule has 0 saturated carbocycles. The van der Waals surface area contributed by atoms with Crippen LogP contribution in [0, 0.1) is 0 Å². The molecule has 0 aromatic carbocycles. The van der Waals surface area contributed by atoms with Gasteiger partial charge in [0.1, 0.15) is 0 Å². The van der Waals surface area contributed by atoms with Crippen molar-refractivity contribution in [3.8, 4) is 0 Å². The molecule has 0 fully saturated rings. The van der Waals surface area contributed by atoms with Gasteiger partial charge in [0.2, 0.25) is 0 Å². The van der Waals surface area contributed by atoms with Crippen molar-refractivity contribution in [2.24, 2.45) is 0 Å². The summed E-state index contributed by atoms with van der Waals surface area (Å²) >= 11 is 0. The summed E-state index contributed by atoms with van der Waals surface area (Å²) in [6.45, 7) is 15.7. The monoisotopic (exact) mass is 251 g/mol. The van der Waals surface area contributed by atoms with Crippen LogP contribution in [-0.2, 0) is 6.54 Å². The highest BCUT2D eigenvalue weighted by Gasteiger charge is 2.10. The van der Waals surface area contributed by atoms with Gasteiger partial charge in [-0.25, -0.2) is 4.79 Å². The first-order chi connectivity index (χ1) is 8.20. The van der Waals surface area contributed by atoms with Crippen LogP contribution in [0.4, 0.5) is 0 Å². The molecule has 0 aliphatic carbocycles. The molecule has 0 spiro atoms. The molecule has 0 aliphatic rings. The van der Waals surface area contributed by atoms with Crippen LogP contribution in [-0.4, -0.2) is 21.2 Å². The SMILES string of the molecule is C=C(CNC(C)(C)C)Cn1ccn(C(C)C)c1=O. The Labute approximate surface area is 109 Å². The predicted molar refractivity (Wildman–Crippen MR) is 76.0 cm³/mol. The van der Waals surface area contributed by atoms with Gasteiger partial charge in [0.05, 0.1) is 0 Å². The summed E-state index contributed by atoms with van der Waals surface area (Å²) in [5.41, 5.74) is 1.10. The largest absolute Gasteiger partial charge is 0.328 e. The third-order valence-electron chi connectivity index (χ3n) is 2.69. The number of nitrogens with one attached hydrogen (secondary N) is 1. The average molecular weight is 251 g/mol. The summed E-state index contributed by atoms with van der Waals surface area (Å²) in [5.74, 6) is 0. The molecule has 0 aliphatic heterocycles. The molecule has 0 radical (unpaired) electrons. The quantitative estimate of drug-likeness (QED) is 0.815. The normalized spacial score (nSPS) is 12.1. The highest BCUT2D eigenvalue weighted by molar-refractivity contribution is 5.00. The number of hydrogen-bond acceptors (Lipinski definition) is 2. The Bertz CT molecular complexity index is 460. The van der Waals surface area contributed by atoms with Crippen molar-refractivity contribution < 1.29 is 0 Å². The van der Waals surface area contributed by atoms with Crippen LogP contribution in [0.2, 0.25) is 0 Å². The Morgan fingerprint density at radius 2 is 2.00 bits per heavy atom. The summed E-state index contributed by atoms with van der Waals surface area (Å²) in [5, 5.41) is 3.37. The van der Waals surface area contributed by atoms with Crippen LogP contribution in [0.3, 0.4) is 0 Å². The maximum Gasteiger partial charge on any atom is 0.328 e. The zero-order chi connectivity index (χ0) is 13.9. The van der Waals surface area contributed by atoms with Gasteiger partial charge in [-0.1, -0.05) is 6.58 Å². The Morgan fingerprint density at radius 1 is 1.39 bits per heavy atom. The van der Waals surface area contributed by atoms with Crippen LogP contribution in [0.1, 0.15) is 40.7 Å². The summed E-state index contributed by atoms with van der Waals surface area (Å²) < 4.78 is 3.43. The Hall–Kier alpha value is -1.29. The zero-order valence-electron chi connectivity index (χ0n) is 12.2. The molecule has 0 bridgehead atoms. The molecule has 102 valence electrons. The molecule has 4 nitrogen and oxygen atoms in total. The van der Waals surface area contributed by atoms with Gasteiger partial charge in [-0.2, -0.15) is 0 Å². The predicted octanol–water partition coefficient (Wildman–Crippen LogP) is 2.17. The first-order valence-corrected chi connectivity index (χ1v) is 6.39. The average Bonchev–Trinajstić information content (AvgIpc) is 2.57. The molecular weight excluding hydrogens is 226 g/mol. The van der Waals surface area contributed by atoms with Crippen LogP contribution in [0.15, 0.2) is 29.3 Å². The first-order valence-electron chi connectivity index (χ1n) is 6.39. The number of aromatic nitrogens is 2. The molecule has 0 atom stereocenters. The van der Waals surface area contributed by atoms with E-state index < -0.39 is 0 Å².